The van der Waals surface area contributed by atoms with Crippen LogP contribution in [0.15, 0.2) is 0 Å². The van der Waals surface area contributed by atoms with E-state index in [1.54, 1.807) is 9.88 Å². The van der Waals surface area contributed by atoms with Gasteiger partial charge in [-0.15, -0.1) is 0 Å². The first-order valence-corrected chi connectivity index (χ1v) is 13.4. The van der Waals surface area contributed by atoms with Crippen LogP contribution in [0.1, 0.15) is 12.8 Å². The predicted octanol–water partition coefficient (Wildman–Crippen LogP) is 2.71. The van der Waals surface area contributed by atoms with E-state index in [1.807, 2.05) is 0 Å². The minimum atomic E-state index is -4.84. The van der Waals surface area contributed by atoms with Crippen LogP contribution in [0.4, 0.5) is 13.2 Å². The maximum absolute atomic E-state index is 11.9. The van der Waals surface area contributed by atoms with Gasteiger partial charge in [-0.25, -0.2) is 0 Å². The van der Waals surface area contributed by atoms with Crippen molar-refractivity contribution in [1.82, 2.24) is 0 Å². The molecule has 0 aromatic heterocycles. The summed E-state index contributed by atoms with van der Waals surface area (Å²) in [5, 5.41) is 0. The van der Waals surface area contributed by atoms with Gasteiger partial charge in [-0.3, -0.25) is 0 Å². The summed E-state index contributed by atoms with van der Waals surface area (Å²) in [4.78, 5) is 14.0. The molecule has 0 atom stereocenters. The van der Waals surface area contributed by atoms with Crippen LogP contribution in [0.3, 0.4) is 0 Å². The molecule has 0 aliphatic heterocycles. The van der Waals surface area contributed by atoms with E-state index in [0.29, 0.717) is 5.92 Å². The normalized spacial score (nSPS) is 18.1. The molecule has 1 aliphatic rings. The zero-order valence-corrected chi connectivity index (χ0v) is 11.0. The zero-order valence-electron chi connectivity index (χ0n) is 8.15. The first-order chi connectivity index (χ1) is 6.21. The standard InChI is InChI=1S/C4H7.C2HF3O2.2CH3.Sn/c1-4-2-3-4;3-2(4,5)1(6)7;;;/h4H,1-3H2;(H,6,7);2*1H3;/q;;;;+1/p-1. The van der Waals surface area contributed by atoms with Crippen LogP contribution >= 0.6 is 0 Å². The molecule has 0 radical (unpaired) electrons. The Kier molecular flexibility index (Phi) is 3.38. The molecular weight excluding hydrogens is 304 g/mol. The van der Waals surface area contributed by atoms with Gasteiger partial charge in [0, 0.05) is 0 Å². The van der Waals surface area contributed by atoms with Gasteiger partial charge in [-0.2, -0.15) is 0 Å². The van der Waals surface area contributed by atoms with Crippen molar-refractivity contribution in [1.29, 1.82) is 0 Å². The van der Waals surface area contributed by atoms with Gasteiger partial charge in [0.2, 0.25) is 0 Å². The average Bonchev–Trinajstić information content (AvgIpc) is 2.66. The Hall–Kier alpha value is 0.0587. The summed E-state index contributed by atoms with van der Waals surface area (Å²) in [6, 6.07) is 0. The second-order valence-electron chi connectivity index (χ2n) is 4.29. The van der Waals surface area contributed by atoms with Crippen LogP contribution in [0.25, 0.3) is 0 Å². The minimum absolute atomic E-state index is 0.516. The predicted molar refractivity (Wildman–Crippen MR) is 47.2 cm³/mol. The van der Waals surface area contributed by atoms with Crippen molar-refractivity contribution in [2.45, 2.75) is 33.3 Å². The maximum atomic E-state index is 11.9. The molecule has 0 aromatic carbocycles. The van der Waals surface area contributed by atoms with Gasteiger partial charge >= 0.3 is 85.1 Å². The fourth-order valence-corrected chi connectivity index (χ4v) is 8.50. The molecule has 0 aromatic rings. The van der Waals surface area contributed by atoms with Crippen LogP contribution in [0.2, 0.25) is 14.3 Å². The van der Waals surface area contributed by atoms with Crippen molar-refractivity contribution in [2.75, 3.05) is 0 Å². The van der Waals surface area contributed by atoms with E-state index in [-0.39, 0.29) is 0 Å². The van der Waals surface area contributed by atoms with Gasteiger partial charge in [0.05, 0.1) is 0 Å². The first-order valence-electron chi connectivity index (χ1n) is 4.51. The Morgan fingerprint density at radius 1 is 1.43 bits per heavy atom. The quantitative estimate of drug-likeness (QED) is 0.748. The summed E-state index contributed by atoms with van der Waals surface area (Å²) in [5.41, 5.74) is 0. The molecule has 0 heterocycles. The number of carbonyl (C=O) groups excluding carboxylic acids is 1. The second-order valence-corrected chi connectivity index (χ2v) is 16.1. The van der Waals surface area contributed by atoms with E-state index in [1.165, 1.54) is 0 Å². The molecule has 0 amide bonds. The van der Waals surface area contributed by atoms with Crippen molar-refractivity contribution in [3.8, 4) is 0 Å². The number of hydrogen-bond acceptors (Lipinski definition) is 2. The summed E-state index contributed by atoms with van der Waals surface area (Å²) < 4.78 is 41.0. The van der Waals surface area contributed by atoms with Gasteiger partial charge in [-0.1, -0.05) is 0 Å². The van der Waals surface area contributed by atoms with E-state index in [0.717, 1.165) is 17.3 Å². The number of halogens is 3. The third-order valence-electron chi connectivity index (χ3n) is 2.08. The van der Waals surface area contributed by atoms with Crippen molar-refractivity contribution < 1.29 is 21.0 Å². The molecule has 1 rings (SSSR count). The number of alkyl halides is 3. The summed E-state index contributed by atoms with van der Waals surface area (Å²) in [6.45, 7) is 0. The number of hydrogen-bond donors (Lipinski definition) is 0. The Morgan fingerprint density at radius 2 is 1.93 bits per heavy atom. The van der Waals surface area contributed by atoms with Crippen molar-refractivity contribution >= 4 is 24.8 Å². The molecule has 0 saturated heterocycles. The molecule has 0 bridgehead atoms. The third-order valence-corrected chi connectivity index (χ3v) is 8.64. The van der Waals surface area contributed by atoms with Gasteiger partial charge < -0.3 is 0 Å². The summed E-state index contributed by atoms with van der Waals surface area (Å²) in [5.74, 6) is -1.49. The van der Waals surface area contributed by atoms with E-state index < -0.39 is 30.9 Å². The molecule has 14 heavy (non-hydrogen) atoms. The molecule has 0 N–H and O–H groups in total. The summed E-state index contributed by atoms with van der Waals surface area (Å²) in [6.07, 6.45) is -2.69. The number of rotatable bonds is 3. The van der Waals surface area contributed by atoms with Crippen LogP contribution < -0.4 is 0 Å². The SMILES string of the molecule is [CH3][Sn]([CH3])([CH2]C1CC1)[O]C(=O)C(F)(F)F. The van der Waals surface area contributed by atoms with Crippen LogP contribution in [0.5, 0.6) is 0 Å². The Morgan fingerprint density at radius 3 is 2.29 bits per heavy atom. The molecular formula is C8H13F3O2Sn. The molecule has 1 aliphatic carbocycles. The van der Waals surface area contributed by atoms with Gasteiger partial charge in [0.25, 0.3) is 0 Å². The van der Waals surface area contributed by atoms with Crippen molar-refractivity contribution in [3.63, 3.8) is 0 Å². The average molecular weight is 317 g/mol. The number of carbonyl (C=O) groups is 1. The molecule has 1 fully saturated rings. The molecule has 0 unspecified atom stereocenters. The van der Waals surface area contributed by atoms with Gasteiger partial charge in [0.15, 0.2) is 0 Å². The summed E-state index contributed by atoms with van der Waals surface area (Å²) >= 11 is -3.18. The molecule has 1 saturated carbocycles. The van der Waals surface area contributed by atoms with E-state index in [2.05, 4.69) is 3.07 Å². The van der Waals surface area contributed by atoms with Crippen LogP contribution in [-0.2, 0) is 7.87 Å². The van der Waals surface area contributed by atoms with Gasteiger partial charge in [-0.05, 0) is 0 Å². The van der Waals surface area contributed by atoms with Crippen LogP contribution in [0, 0.1) is 5.92 Å². The van der Waals surface area contributed by atoms with E-state index in [9.17, 15) is 18.0 Å². The monoisotopic (exact) mass is 318 g/mol. The first kappa shape index (κ1) is 12.1. The zero-order chi connectivity index (χ0) is 11.0. The van der Waals surface area contributed by atoms with Crippen molar-refractivity contribution in [2.24, 2.45) is 5.92 Å². The second kappa shape index (κ2) is 3.90. The van der Waals surface area contributed by atoms with E-state index in [4.69, 9.17) is 0 Å². The molecule has 0 spiro atoms. The van der Waals surface area contributed by atoms with Crippen molar-refractivity contribution in [3.05, 3.63) is 0 Å². The third kappa shape index (κ3) is 4.06. The Labute approximate surface area is 85.2 Å². The van der Waals surface area contributed by atoms with Gasteiger partial charge in [0.1, 0.15) is 0 Å². The summed E-state index contributed by atoms with van der Waals surface area (Å²) in [7, 11) is 0. The fraction of sp³-hybridized carbons (Fsp3) is 0.875. The molecule has 82 valence electrons. The Bertz CT molecular complexity index is 233. The molecule has 2 nitrogen and oxygen atoms in total. The topological polar surface area (TPSA) is 26.3 Å². The van der Waals surface area contributed by atoms with E-state index >= 15 is 0 Å². The van der Waals surface area contributed by atoms with Crippen LogP contribution in [-0.4, -0.2) is 30.9 Å². The Balaban J connectivity index is 2.44. The fourth-order valence-electron chi connectivity index (χ4n) is 1.37. The molecule has 6 heteroatoms.